The van der Waals surface area contributed by atoms with Crippen LogP contribution in [0.4, 0.5) is 5.69 Å². The quantitative estimate of drug-likeness (QED) is 0.778. The predicted octanol–water partition coefficient (Wildman–Crippen LogP) is 2.27. The van der Waals surface area contributed by atoms with Crippen LogP contribution < -0.4 is 10.6 Å². The summed E-state index contributed by atoms with van der Waals surface area (Å²) in [5.74, 6) is 0. The van der Waals surface area contributed by atoms with E-state index in [1.165, 1.54) is 0 Å². The molecule has 0 aliphatic heterocycles. The number of hydrogen-bond donors (Lipinski definition) is 1. The molecule has 1 aromatic rings. The molecule has 0 saturated heterocycles. The number of halogens is 1. The predicted molar refractivity (Wildman–Crippen MR) is 69.1 cm³/mol. The third-order valence-electron chi connectivity index (χ3n) is 2.51. The molecule has 4 heteroatoms. The van der Waals surface area contributed by atoms with Crippen molar-refractivity contribution in [2.75, 3.05) is 32.2 Å². The fourth-order valence-corrected chi connectivity index (χ4v) is 2.05. The lowest BCUT2D eigenvalue weighted by Gasteiger charge is -2.23. The minimum atomic E-state index is 0.504. The van der Waals surface area contributed by atoms with E-state index in [1.54, 1.807) is 7.11 Å². The van der Waals surface area contributed by atoms with E-state index in [4.69, 9.17) is 22.1 Å². The number of hydrogen-bond acceptors (Lipinski definition) is 3. The molecule has 16 heavy (non-hydrogen) atoms. The van der Waals surface area contributed by atoms with Gasteiger partial charge in [0, 0.05) is 33.9 Å². The molecule has 90 valence electrons. The highest BCUT2D eigenvalue weighted by atomic mass is 35.5. The molecule has 0 unspecified atom stereocenters. The lowest BCUT2D eigenvalue weighted by atomic mass is 10.1. The number of methoxy groups -OCH3 is 1. The van der Waals surface area contributed by atoms with Gasteiger partial charge in [-0.3, -0.25) is 0 Å². The number of para-hydroxylation sites is 1. The first kappa shape index (κ1) is 13.3. The molecule has 2 N–H and O–H groups in total. The molecule has 3 nitrogen and oxygen atoms in total. The van der Waals surface area contributed by atoms with E-state index in [0.29, 0.717) is 6.54 Å². The average Bonchev–Trinajstić information content (AvgIpc) is 2.28. The van der Waals surface area contributed by atoms with Crippen LogP contribution in [0.1, 0.15) is 12.0 Å². The normalized spacial score (nSPS) is 10.5. The smallest absolute Gasteiger partial charge is 0.0642 e. The van der Waals surface area contributed by atoms with Crippen LogP contribution in [0, 0.1) is 0 Å². The maximum atomic E-state index is 6.19. The van der Waals surface area contributed by atoms with Gasteiger partial charge in [-0.25, -0.2) is 0 Å². The SMILES string of the molecule is COCCCN(C)c1c(Cl)cccc1CN. The van der Waals surface area contributed by atoms with Crippen LogP contribution in [0.2, 0.25) is 5.02 Å². The number of anilines is 1. The highest BCUT2D eigenvalue weighted by molar-refractivity contribution is 6.33. The summed E-state index contributed by atoms with van der Waals surface area (Å²) in [6, 6.07) is 5.83. The van der Waals surface area contributed by atoms with Crippen molar-refractivity contribution < 1.29 is 4.74 Å². The van der Waals surface area contributed by atoms with Gasteiger partial charge in [-0.05, 0) is 18.1 Å². The summed E-state index contributed by atoms with van der Waals surface area (Å²) in [4.78, 5) is 2.13. The van der Waals surface area contributed by atoms with E-state index < -0.39 is 0 Å². The first-order valence-corrected chi connectivity index (χ1v) is 5.76. The Morgan fingerprint density at radius 3 is 2.81 bits per heavy atom. The van der Waals surface area contributed by atoms with Crippen molar-refractivity contribution in [1.29, 1.82) is 0 Å². The Morgan fingerprint density at radius 2 is 2.19 bits per heavy atom. The van der Waals surface area contributed by atoms with Crippen LogP contribution in [0.25, 0.3) is 0 Å². The number of rotatable bonds is 6. The summed E-state index contributed by atoms with van der Waals surface area (Å²) in [6.45, 7) is 2.17. The van der Waals surface area contributed by atoms with E-state index >= 15 is 0 Å². The van der Waals surface area contributed by atoms with E-state index in [2.05, 4.69) is 4.90 Å². The second kappa shape index (κ2) is 6.74. The van der Waals surface area contributed by atoms with Gasteiger partial charge in [0.1, 0.15) is 0 Å². The third kappa shape index (κ3) is 3.37. The molecule has 0 aliphatic carbocycles. The second-order valence-corrected chi connectivity index (χ2v) is 4.13. The summed E-state index contributed by atoms with van der Waals surface area (Å²) >= 11 is 6.19. The molecule has 0 aromatic heterocycles. The molecule has 0 aliphatic rings. The van der Waals surface area contributed by atoms with Gasteiger partial charge in [-0.1, -0.05) is 23.7 Å². The molecule has 0 saturated carbocycles. The van der Waals surface area contributed by atoms with Gasteiger partial charge >= 0.3 is 0 Å². The number of nitrogens with zero attached hydrogens (tertiary/aromatic N) is 1. The first-order valence-electron chi connectivity index (χ1n) is 5.38. The number of benzene rings is 1. The first-order chi connectivity index (χ1) is 7.70. The maximum absolute atomic E-state index is 6.19. The highest BCUT2D eigenvalue weighted by Crippen LogP contribution is 2.28. The van der Waals surface area contributed by atoms with E-state index in [9.17, 15) is 0 Å². The molecule has 0 radical (unpaired) electrons. The zero-order valence-electron chi connectivity index (χ0n) is 9.87. The summed E-state index contributed by atoms with van der Waals surface area (Å²) in [5.41, 5.74) is 7.81. The van der Waals surface area contributed by atoms with Crippen molar-refractivity contribution in [3.05, 3.63) is 28.8 Å². The highest BCUT2D eigenvalue weighted by Gasteiger charge is 2.10. The molecule has 0 amide bonds. The van der Waals surface area contributed by atoms with Crippen LogP contribution in [0.15, 0.2) is 18.2 Å². The van der Waals surface area contributed by atoms with Crippen LogP contribution in [0.3, 0.4) is 0 Å². The van der Waals surface area contributed by atoms with Crippen molar-refractivity contribution in [3.8, 4) is 0 Å². The lowest BCUT2D eigenvalue weighted by Crippen LogP contribution is -2.22. The molecule has 0 spiro atoms. The Hall–Kier alpha value is -0.770. The molecular weight excluding hydrogens is 224 g/mol. The Kier molecular flexibility index (Phi) is 5.60. The van der Waals surface area contributed by atoms with E-state index in [1.807, 2.05) is 25.2 Å². The van der Waals surface area contributed by atoms with E-state index in [0.717, 1.165) is 35.8 Å². The zero-order valence-corrected chi connectivity index (χ0v) is 10.6. The fraction of sp³-hybridized carbons (Fsp3) is 0.500. The van der Waals surface area contributed by atoms with E-state index in [-0.39, 0.29) is 0 Å². The summed E-state index contributed by atoms with van der Waals surface area (Å²) in [5, 5.41) is 0.753. The van der Waals surface area contributed by atoms with Gasteiger partial charge in [0.25, 0.3) is 0 Å². The Morgan fingerprint density at radius 1 is 1.44 bits per heavy atom. The summed E-state index contributed by atoms with van der Waals surface area (Å²) in [6.07, 6.45) is 0.974. The Bertz CT molecular complexity index is 331. The fourth-order valence-electron chi connectivity index (χ4n) is 1.71. The van der Waals surface area contributed by atoms with Crippen LogP contribution in [-0.2, 0) is 11.3 Å². The molecule has 0 bridgehead atoms. The van der Waals surface area contributed by atoms with Crippen molar-refractivity contribution in [2.45, 2.75) is 13.0 Å². The molecule has 0 atom stereocenters. The summed E-state index contributed by atoms with van der Waals surface area (Å²) < 4.78 is 5.03. The Labute approximate surface area is 102 Å². The van der Waals surface area contributed by atoms with Crippen molar-refractivity contribution in [3.63, 3.8) is 0 Å². The van der Waals surface area contributed by atoms with Gasteiger partial charge in [-0.2, -0.15) is 0 Å². The molecular formula is C12H19ClN2O. The van der Waals surface area contributed by atoms with Gasteiger partial charge in [0.15, 0.2) is 0 Å². The molecule has 1 rings (SSSR count). The zero-order chi connectivity index (χ0) is 12.0. The van der Waals surface area contributed by atoms with Crippen molar-refractivity contribution in [1.82, 2.24) is 0 Å². The Balaban J connectivity index is 2.76. The van der Waals surface area contributed by atoms with Crippen LogP contribution in [-0.4, -0.2) is 27.3 Å². The molecule has 1 aromatic carbocycles. The minimum absolute atomic E-state index is 0.504. The lowest BCUT2D eigenvalue weighted by molar-refractivity contribution is 0.196. The monoisotopic (exact) mass is 242 g/mol. The number of nitrogens with two attached hydrogens (primary N) is 1. The van der Waals surface area contributed by atoms with Crippen molar-refractivity contribution >= 4 is 17.3 Å². The average molecular weight is 243 g/mol. The van der Waals surface area contributed by atoms with Gasteiger partial charge in [0.05, 0.1) is 10.7 Å². The maximum Gasteiger partial charge on any atom is 0.0642 e. The van der Waals surface area contributed by atoms with Gasteiger partial charge in [0.2, 0.25) is 0 Å². The van der Waals surface area contributed by atoms with Crippen molar-refractivity contribution in [2.24, 2.45) is 5.73 Å². The molecule has 0 heterocycles. The minimum Gasteiger partial charge on any atom is -0.385 e. The largest absolute Gasteiger partial charge is 0.385 e. The number of ether oxygens (including phenoxy) is 1. The van der Waals surface area contributed by atoms with Gasteiger partial charge in [-0.15, -0.1) is 0 Å². The second-order valence-electron chi connectivity index (χ2n) is 3.72. The van der Waals surface area contributed by atoms with Gasteiger partial charge < -0.3 is 15.4 Å². The topological polar surface area (TPSA) is 38.5 Å². The van der Waals surface area contributed by atoms with Crippen LogP contribution >= 0.6 is 11.6 Å². The molecule has 0 fully saturated rings. The standard InChI is InChI=1S/C12H19ClN2O/c1-15(7-4-8-16-2)12-10(9-14)5-3-6-11(12)13/h3,5-6H,4,7-9,14H2,1-2H3. The third-order valence-corrected chi connectivity index (χ3v) is 2.82. The summed E-state index contributed by atoms with van der Waals surface area (Å²) in [7, 11) is 3.73. The van der Waals surface area contributed by atoms with Crippen LogP contribution in [0.5, 0.6) is 0 Å².